The van der Waals surface area contributed by atoms with Crippen molar-refractivity contribution >= 4 is 39.2 Å². The Hall–Kier alpha value is -1.37. The quantitative estimate of drug-likeness (QED) is 0.800. The largest absolute Gasteiger partial charge is 0.495 e. The summed E-state index contributed by atoms with van der Waals surface area (Å²) in [6.45, 7) is 3.93. The van der Waals surface area contributed by atoms with Crippen LogP contribution in [0.1, 0.15) is 19.3 Å². The first kappa shape index (κ1) is 18.0. The van der Waals surface area contributed by atoms with Crippen molar-refractivity contribution in [1.82, 2.24) is 9.29 Å². The summed E-state index contributed by atoms with van der Waals surface area (Å²) in [4.78, 5) is 6.92. The summed E-state index contributed by atoms with van der Waals surface area (Å²) in [5.41, 5.74) is 2.41. The van der Waals surface area contributed by atoms with Gasteiger partial charge in [-0.15, -0.1) is 0 Å². The molecule has 0 aliphatic carbocycles. The average molecular weight is 394 g/mol. The van der Waals surface area contributed by atoms with Gasteiger partial charge in [0.25, 0.3) is 0 Å². The molecule has 0 saturated carbocycles. The molecule has 3 heterocycles. The molecule has 2 aliphatic heterocycles. The minimum Gasteiger partial charge on any atom is -0.495 e. The van der Waals surface area contributed by atoms with Crippen LogP contribution in [0.4, 0.5) is 5.69 Å². The molecule has 2 aromatic rings. The van der Waals surface area contributed by atoms with Crippen LogP contribution in [-0.4, -0.2) is 53.0 Å². The maximum Gasteiger partial charge on any atom is 0.139 e. The highest BCUT2D eigenvalue weighted by molar-refractivity contribution is 7.81. The highest BCUT2D eigenvalue weighted by Crippen LogP contribution is 2.43. The lowest BCUT2D eigenvalue weighted by molar-refractivity contribution is 0.236. The van der Waals surface area contributed by atoms with Crippen molar-refractivity contribution in [3.63, 3.8) is 0 Å². The Morgan fingerprint density at radius 1 is 1.23 bits per heavy atom. The molecular formula is C19H24ClN3O2S. The molecule has 5 nitrogen and oxygen atoms in total. The van der Waals surface area contributed by atoms with E-state index in [-0.39, 0.29) is 0 Å². The number of rotatable bonds is 3. The Kier molecular flexibility index (Phi) is 4.84. The van der Waals surface area contributed by atoms with Gasteiger partial charge in [-0.1, -0.05) is 11.6 Å². The first-order valence-corrected chi connectivity index (χ1v) is 10.9. The molecule has 0 amide bonds. The van der Waals surface area contributed by atoms with E-state index in [1.165, 1.54) is 5.69 Å². The van der Waals surface area contributed by atoms with Gasteiger partial charge in [-0.05, 0) is 36.8 Å². The van der Waals surface area contributed by atoms with Crippen molar-refractivity contribution in [2.45, 2.75) is 19.3 Å². The van der Waals surface area contributed by atoms with Crippen molar-refractivity contribution < 1.29 is 8.95 Å². The fourth-order valence-electron chi connectivity index (χ4n) is 4.31. The van der Waals surface area contributed by atoms with Crippen molar-refractivity contribution in [1.29, 1.82) is 0 Å². The molecule has 2 aliphatic rings. The minimum atomic E-state index is -0.853. The first-order chi connectivity index (χ1) is 12.5. The summed E-state index contributed by atoms with van der Waals surface area (Å²) in [6, 6.07) is 5.93. The lowest BCUT2D eigenvalue weighted by Crippen LogP contribution is -2.41. The Labute approximate surface area is 161 Å². The molecule has 140 valence electrons. The van der Waals surface area contributed by atoms with E-state index >= 15 is 0 Å². The van der Waals surface area contributed by atoms with Crippen LogP contribution >= 0.6 is 11.6 Å². The Morgan fingerprint density at radius 2 is 1.96 bits per heavy atom. The Balaban J connectivity index is 1.57. The number of nitrogens with zero attached hydrogens (tertiary/aromatic N) is 3. The van der Waals surface area contributed by atoms with Crippen LogP contribution < -0.4 is 9.64 Å². The summed E-state index contributed by atoms with van der Waals surface area (Å²) < 4.78 is 19.2. The van der Waals surface area contributed by atoms with E-state index in [0.717, 1.165) is 56.3 Å². The molecule has 0 radical (unpaired) electrons. The van der Waals surface area contributed by atoms with E-state index in [1.807, 2.05) is 18.3 Å². The zero-order chi connectivity index (χ0) is 18.3. The Morgan fingerprint density at radius 3 is 2.62 bits per heavy atom. The number of halogens is 1. The predicted molar refractivity (Wildman–Crippen MR) is 107 cm³/mol. The number of hydrogen-bond donors (Lipinski definition) is 0. The van der Waals surface area contributed by atoms with Crippen LogP contribution in [0.2, 0.25) is 5.02 Å². The predicted octanol–water partition coefficient (Wildman–Crippen LogP) is 3.48. The molecule has 1 aromatic heterocycles. The SMILES string of the molecule is COc1cc2nccc(N3CCC4(CC3)CCN(S(C)=O)C4)c2cc1Cl. The fraction of sp³-hybridized carbons (Fsp3) is 0.526. The summed E-state index contributed by atoms with van der Waals surface area (Å²) in [7, 11) is 0.767. The van der Waals surface area contributed by atoms with Gasteiger partial charge >= 0.3 is 0 Å². The molecule has 1 unspecified atom stereocenters. The normalized spacial score (nSPS) is 21.4. The maximum atomic E-state index is 11.8. The van der Waals surface area contributed by atoms with E-state index in [1.54, 1.807) is 13.4 Å². The van der Waals surface area contributed by atoms with Gasteiger partial charge in [0.05, 0.1) is 28.6 Å². The number of fused-ring (bicyclic) bond motifs is 1. The maximum absolute atomic E-state index is 11.8. The number of anilines is 1. The van der Waals surface area contributed by atoms with Gasteiger partial charge in [-0.3, -0.25) is 4.98 Å². The lowest BCUT2D eigenvalue weighted by Gasteiger charge is -2.40. The molecule has 0 N–H and O–H groups in total. The van der Waals surface area contributed by atoms with Crippen LogP contribution in [-0.2, 0) is 11.0 Å². The average Bonchev–Trinajstić information content (AvgIpc) is 3.05. The molecule has 26 heavy (non-hydrogen) atoms. The molecule has 1 spiro atoms. The van der Waals surface area contributed by atoms with Crippen LogP contribution in [0.15, 0.2) is 24.4 Å². The monoisotopic (exact) mass is 393 g/mol. The van der Waals surface area contributed by atoms with Gasteiger partial charge in [0.1, 0.15) is 5.75 Å². The van der Waals surface area contributed by atoms with Crippen LogP contribution in [0.25, 0.3) is 10.9 Å². The highest BCUT2D eigenvalue weighted by Gasteiger charge is 2.41. The van der Waals surface area contributed by atoms with Crippen molar-refractivity contribution in [2.24, 2.45) is 5.41 Å². The first-order valence-electron chi connectivity index (χ1n) is 8.97. The third-order valence-electron chi connectivity index (χ3n) is 5.92. The summed E-state index contributed by atoms with van der Waals surface area (Å²) in [5.74, 6) is 0.653. The van der Waals surface area contributed by atoms with Crippen LogP contribution in [0, 0.1) is 5.41 Å². The fourth-order valence-corrected chi connectivity index (χ4v) is 5.35. The number of hydrogen-bond acceptors (Lipinski definition) is 4. The topological polar surface area (TPSA) is 45.7 Å². The third-order valence-corrected chi connectivity index (χ3v) is 7.26. The van der Waals surface area contributed by atoms with Crippen LogP contribution in [0.5, 0.6) is 5.75 Å². The van der Waals surface area contributed by atoms with E-state index in [0.29, 0.717) is 16.2 Å². The number of piperidine rings is 1. The molecule has 2 saturated heterocycles. The number of methoxy groups -OCH3 is 1. The van der Waals surface area contributed by atoms with E-state index in [2.05, 4.69) is 20.3 Å². The van der Waals surface area contributed by atoms with Gasteiger partial charge in [0.15, 0.2) is 0 Å². The summed E-state index contributed by atoms with van der Waals surface area (Å²) in [6.07, 6.45) is 7.06. The number of ether oxygens (including phenoxy) is 1. The smallest absolute Gasteiger partial charge is 0.139 e. The Bertz CT molecular complexity index is 852. The van der Waals surface area contributed by atoms with Crippen molar-refractivity contribution in [2.75, 3.05) is 44.4 Å². The van der Waals surface area contributed by atoms with E-state index < -0.39 is 11.0 Å². The standard InChI is InChI=1S/C19H24ClN3O2S/c1-25-18-12-16-14(11-15(18)20)17(3-7-21-16)22-8-4-19(5-9-22)6-10-23(13-19)26(2)24/h3,7,11-12H,4-6,8-10,13H2,1-2H3. The number of pyridine rings is 1. The van der Waals surface area contributed by atoms with Crippen LogP contribution in [0.3, 0.4) is 0 Å². The van der Waals surface area contributed by atoms with E-state index in [4.69, 9.17) is 16.3 Å². The highest BCUT2D eigenvalue weighted by atomic mass is 35.5. The van der Waals surface area contributed by atoms with Crippen molar-refractivity contribution in [3.05, 3.63) is 29.4 Å². The van der Waals surface area contributed by atoms with Gasteiger partial charge in [0, 0.05) is 55.8 Å². The second kappa shape index (κ2) is 6.98. The van der Waals surface area contributed by atoms with Crippen molar-refractivity contribution in [3.8, 4) is 5.75 Å². The van der Waals surface area contributed by atoms with E-state index in [9.17, 15) is 4.21 Å². The molecule has 0 bridgehead atoms. The molecule has 1 atom stereocenters. The zero-order valence-electron chi connectivity index (χ0n) is 15.2. The number of aromatic nitrogens is 1. The zero-order valence-corrected chi connectivity index (χ0v) is 16.8. The van der Waals surface area contributed by atoms with Gasteiger partial charge in [-0.2, -0.15) is 0 Å². The third kappa shape index (κ3) is 3.19. The minimum absolute atomic E-state index is 0.325. The van der Waals surface area contributed by atoms with Gasteiger partial charge < -0.3 is 9.64 Å². The second-order valence-corrected chi connectivity index (χ2v) is 9.13. The molecule has 1 aromatic carbocycles. The van der Waals surface area contributed by atoms with Gasteiger partial charge in [-0.25, -0.2) is 8.51 Å². The molecule has 7 heteroatoms. The second-order valence-electron chi connectivity index (χ2n) is 7.36. The number of benzene rings is 1. The van der Waals surface area contributed by atoms with Gasteiger partial charge in [0.2, 0.25) is 0 Å². The molecular weight excluding hydrogens is 370 g/mol. The summed E-state index contributed by atoms with van der Waals surface area (Å²) >= 11 is 6.35. The molecule has 2 fully saturated rings. The summed E-state index contributed by atoms with van der Waals surface area (Å²) in [5, 5.41) is 1.68. The molecule has 4 rings (SSSR count). The lowest BCUT2D eigenvalue weighted by atomic mass is 9.77.